The maximum Gasteiger partial charge on any atom is 0.0210 e. The summed E-state index contributed by atoms with van der Waals surface area (Å²) in [5, 5.41) is 3.69. The number of likely N-dealkylation sites (tertiary alicyclic amines) is 1. The molecule has 17 heavy (non-hydrogen) atoms. The summed E-state index contributed by atoms with van der Waals surface area (Å²) >= 11 is 0. The van der Waals surface area contributed by atoms with Gasteiger partial charge in [-0.15, -0.1) is 0 Å². The Bertz CT molecular complexity index is 367. The minimum atomic E-state index is 0.705. The van der Waals surface area contributed by atoms with Gasteiger partial charge in [0.1, 0.15) is 0 Å². The van der Waals surface area contributed by atoms with Crippen LogP contribution in [0.3, 0.4) is 0 Å². The number of nitrogens with one attached hydrogen (secondary N) is 1. The summed E-state index contributed by atoms with van der Waals surface area (Å²) < 4.78 is 0. The van der Waals surface area contributed by atoms with E-state index in [2.05, 4.69) is 41.4 Å². The van der Waals surface area contributed by atoms with Crippen LogP contribution in [0.25, 0.3) is 0 Å². The molecule has 1 aliphatic heterocycles. The van der Waals surface area contributed by atoms with Crippen LogP contribution in [0.5, 0.6) is 0 Å². The van der Waals surface area contributed by atoms with E-state index in [1.54, 1.807) is 0 Å². The summed E-state index contributed by atoms with van der Waals surface area (Å²) in [6.45, 7) is 5.72. The molecule has 2 aliphatic rings. The van der Waals surface area contributed by atoms with E-state index in [1.807, 2.05) is 0 Å². The second-order valence-corrected chi connectivity index (χ2v) is 5.58. The number of hydrogen-bond donors (Lipinski definition) is 1. The lowest BCUT2D eigenvalue weighted by Crippen LogP contribution is -2.32. The fourth-order valence-corrected chi connectivity index (χ4v) is 2.69. The Kier molecular flexibility index (Phi) is 3.17. The molecule has 1 aromatic rings. The minimum absolute atomic E-state index is 0.705. The molecule has 1 atom stereocenters. The third kappa shape index (κ3) is 2.88. The van der Waals surface area contributed by atoms with Crippen molar-refractivity contribution >= 4 is 0 Å². The van der Waals surface area contributed by atoms with Crippen molar-refractivity contribution in [3.8, 4) is 0 Å². The Hall–Kier alpha value is -0.860. The minimum Gasteiger partial charge on any atom is -0.309 e. The van der Waals surface area contributed by atoms with Crippen molar-refractivity contribution in [2.75, 3.05) is 13.1 Å². The fourth-order valence-electron chi connectivity index (χ4n) is 2.69. The largest absolute Gasteiger partial charge is 0.309 e. The van der Waals surface area contributed by atoms with E-state index >= 15 is 0 Å². The van der Waals surface area contributed by atoms with Gasteiger partial charge in [0.2, 0.25) is 0 Å². The van der Waals surface area contributed by atoms with Crippen LogP contribution in [-0.2, 0) is 6.54 Å². The number of rotatable bonds is 4. The highest BCUT2D eigenvalue weighted by molar-refractivity contribution is 5.21. The van der Waals surface area contributed by atoms with Crippen LogP contribution in [0.4, 0.5) is 0 Å². The topological polar surface area (TPSA) is 15.3 Å². The Morgan fingerprint density at radius 2 is 1.94 bits per heavy atom. The van der Waals surface area contributed by atoms with Gasteiger partial charge in [-0.1, -0.05) is 29.8 Å². The van der Waals surface area contributed by atoms with Gasteiger partial charge in [0.05, 0.1) is 0 Å². The molecule has 0 amide bonds. The normalized spacial score (nSPS) is 25.4. The molecular weight excluding hydrogens is 208 g/mol. The van der Waals surface area contributed by atoms with E-state index in [0.717, 1.165) is 12.6 Å². The second kappa shape index (κ2) is 4.79. The molecule has 2 nitrogen and oxygen atoms in total. The molecule has 0 aromatic heterocycles. The van der Waals surface area contributed by atoms with Gasteiger partial charge in [0.25, 0.3) is 0 Å². The predicted octanol–water partition coefficient (Wildman–Crippen LogP) is 2.32. The maximum atomic E-state index is 3.69. The van der Waals surface area contributed by atoms with Crippen LogP contribution < -0.4 is 5.32 Å². The molecule has 2 heteroatoms. The number of aryl methyl sites for hydroxylation is 1. The van der Waals surface area contributed by atoms with E-state index < -0.39 is 0 Å². The molecule has 2 fully saturated rings. The van der Waals surface area contributed by atoms with Crippen LogP contribution >= 0.6 is 0 Å². The molecule has 1 unspecified atom stereocenters. The molecule has 1 saturated heterocycles. The van der Waals surface area contributed by atoms with Crippen molar-refractivity contribution in [2.24, 2.45) is 0 Å². The molecule has 1 aliphatic carbocycles. The quantitative estimate of drug-likeness (QED) is 0.854. The number of hydrogen-bond acceptors (Lipinski definition) is 2. The summed E-state index contributed by atoms with van der Waals surface area (Å²) in [4.78, 5) is 2.66. The molecule has 0 spiro atoms. The van der Waals surface area contributed by atoms with Crippen molar-refractivity contribution in [3.63, 3.8) is 0 Å². The van der Waals surface area contributed by atoms with E-state index in [9.17, 15) is 0 Å². The molecule has 3 rings (SSSR count). The third-order valence-electron chi connectivity index (χ3n) is 4.00. The smallest absolute Gasteiger partial charge is 0.0210 e. The molecule has 1 saturated carbocycles. The molecule has 1 aromatic carbocycles. The van der Waals surface area contributed by atoms with Gasteiger partial charge in [-0.05, 0) is 31.7 Å². The molecule has 1 heterocycles. The summed E-state index contributed by atoms with van der Waals surface area (Å²) in [5.74, 6) is 0. The van der Waals surface area contributed by atoms with Gasteiger partial charge >= 0.3 is 0 Å². The lowest BCUT2D eigenvalue weighted by Gasteiger charge is -2.15. The highest BCUT2D eigenvalue weighted by Crippen LogP contribution is 2.29. The fraction of sp³-hybridized carbons (Fsp3) is 0.600. The monoisotopic (exact) mass is 230 g/mol. The first-order valence-corrected chi connectivity index (χ1v) is 6.84. The summed E-state index contributed by atoms with van der Waals surface area (Å²) in [6, 6.07) is 10.5. The number of nitrogens with zero attached hydrogens (tertiary/aromatic N) is 1. The van der Waals surface area contributed by atoms with Crippen molar-refractivity contribution in [3.05, 3.63) is 35.4 Å². The van der Waals surface area contributed by atoms with Gasteiger partial charge in [-0.3, -0.25) is 4.90 Å². The van der Waals surface area contributed by atoms with Gasteiger partial charge < -0.3 is 5.32 Å². The standard InChI is InChI=1S/C15H22N2/c1-12-2-4-13(5-3-12)10-16-14-8-9-17(11-14)15-6-7-15/h2-5,14-16H,6-11H2,1H3. The summed E-state index contributed by atoms with van der Waals surface area (Å²) in [6.07, 6.45) is 4.19. The first-order chi connectivity index (χ1) is 8.31. The Balaban J connectivity index is 1.46. The van der Waals surface area contributed by atoms with Gasteiger partial charge in [-0.25, -0.2) is 0 Å². The van der Waals surface area contributed by atoms with Gasteiger partial charge in [-0.2, -0.15) is 0 Å². The summed E-state index contributed by atoms with van der Waals surface area (Å²) in [7, 11) is 0. The van der Waals surface area contributed by atoms with Gasteiger partial charge in [0, 0.05) is 31.7 Å². The Morgan fingerprint density at radius 1 is 1.18 bits per heavy atom. The molecular formula is C15H22N2. The van der Waals surface area contributed by atoms with Crippen LogP contribution in [0, 0.1) is 6.92 Å². The third-order valence-corrected chi connectivity index (χ3v) is 4.00. The van der Waals surface area contributed by atoms with Crippen LogP contribution in [0.2, 0.25) is 0 Å². The average Bonchev–Trinajstić information content (AvgIpc) is 3.09. The van der Waals surface area contributed by atoms with E-state index in [-0.39, 0.29) is 0 Å². The highest BCUT2D eigenvalue weighted by Gasteiger charge is 2.33. The lowest BCUT2D eigenvalue weighted by atomic mass is 10.1. The average molecular weight is 230 g/mol. The first-order valence-electron chi connectivity index (χ1n) is 6.84. The van der Waals surface area contributed by atoms with Crippen LogP contribution in [-0.4, -0.2) is 30.1 Å². The summed E-state index contributed by atoms with van der Waals surface area (Å²) in [5.41, 5.74) is 2.75. The van der Waals surface area contributed by atoms with Crippen molar-refractivity contribution in [2.45, 2.75) is 44.8 Å². The SMILES string of the molecule is Cc1ccc(CNC2CCN(C3CC3)C2)cc1. The number of benzene rings is 1. The van der Waals surface area contributed by atoms with E-state index in [1.165, 1.54) is 43.5 Å². The zero-order valence-electron chi connectivity index (χ0n) is 10.7. The molecule has 0 bridgehead atoms. The van der Waals surface area contributed by atoms with Crippen LogP contribution in [0.15, 0.2) is 24.3 Å². The van der Waals surface area contributed by atoms with Gasteiger partial charge in [0.15, 0.2) is 0 Å². The zero-order valence-corrected chi connectivity index (χ0v) is 10.7. The molecule has 0 radical (unpaired) electrons. The molecule has 92 valence electrons. The van der Waals surface area contributed by atoms with E-state index in [0.29, 0.717) is 6.04 Å². The van der Waals surface area contributed by atoms with E-state index in [4.69, 9.17) is 0 Å². The first kappa shape index (κ1) is 11.2. The highest BCUT2D eigenvalue weighted by atomic mass is 15.2. The van der Waals surface area contributed by atoms with Crippen molar-refractivity contribution in [1.82, 2.24) is 10.2 Å². The second-order valence-electron chi connectivity index (χ2n) is 5.58. The Labute approximate surface area is 104 Å². The van der Waals surface area contributed by atoms with Crippen molar-refractivity contribution in [1.29, 1.82) is 0 Å². The molecule has 1 N–H and O–H groups in total. The maximum absolute atomic E-state index is 3.69. The van der Waals surface area contributed by atoms with Crippen LogP contribution in [0.1, 0.15) is 30.4 Å². The lowest BCUT2D eigenvalue weighted by molar-refractivity contribution is 0.317. The van der Waals surface area contributed by atoms with Crippen molar-refractivity contribution < 1.29 is 0 Å². The predicted molar refractivity (Wildman–Crippen MR) is 71.0 cm³/mol. The zero-order chi connectivity index (χ0) is 11.7. The Morgan fingerprint density at radius 3 is 2.65 bits per heavy atom.